The van der Waals surface area contributed by atoms with Crippen LogP contribution in [-0.2, 0) is 9.59 Å². The average molecular weight is 594 g/mol. The second-order valence-electron chi connectivity index (χ2n) is 10.2. The fraction of sp³-hybridized carbons (Fsp3) is 0.344. The van der Waals surface area contributed by atoms with Gasteiger partial charge in [-0.3, -0.25) is 14.4 Å². The molecule has 3 N–H and O–H groups in total. The van der Waals surface area contributed by atoms with Gasteiger partial charge in [0, 0.05) is 48.0 Å². The zero-order valence-corrected chi connectivity index (χ0v) is 24.3. The van der Waals surface area contributed by atoms with Crippen LogP contribution in [0.4, 0.5) is 11.4 Å². The molecule has 0 spiro atoms. The molecule has 42 heavy (non-hydrogen) atoms. The molecular formula is C32H36ClN3O6. The molecule has 10 heteroatoms. The Bertz CT molecular complexity index is 1390. The molecule has 3 aromatic rings. The van der Waals surface area contributed by atoms with Gasteiger partial charge in [0.25, 0.3) is 11.8 Å². The van der Waals surface area contributed by atoms with E-state index in [9.17, 15) is 24.6 Å². The normalized spacial score (nSPS) is 14.5. The Kier molecular flexibility index (Phi) is 10.9. The number of nitrogens with zero attached hydrogens (tertiary/aromatic N) is 2. The molecule has 0 fully saturated rings. The number of fused-ring (bicyclic) bond motifs is 1. The minimum Gasteiger partial charge on any atom is -0.484 e. The summed E-state index contributed by atoms with van der Waals surface area (Å²) in [6.07, 6.45) is 1.52. The molecule has 0 saturated heterocycles. The van der Waals surface area contributed by atoms with E-state index >= 15 is 0 Å². The van der Waals surface area contributed by atoms with Crippen molar-refractivity contribution in [3.63, 3.8) is 0 Å². The summed E-state index contributed by atoms with van der Waals surface area (Å²) in [7, 11) is 0. The van der Waals surface area contributed by atoms with Crippen LogP contribution in [0.25, 0.3) is 0 Å². The highest BCUT2D eigenvalue weighted by Gasteiger charge is 2.30. The standard InChI is InChI=1S/C32H36ClN3O6/c1-22-18-25(34-30(39)21-42-26-7-3-2-4-8-26)10-11-27(22)32(41)36-13-5-6-23(28-20-24(33)9-12-29(28)36)19-31(40)35(14-16-37)15-17-38/h2-4,7-12,18,20,23,37-38H,5-6,13-17,19,21H2,1H3,(H,34,39). The van der Waals surface area contributed by atoms with E-state index in [0.29, 0.717) is 52.7 Å². The Labute approximate surface area is 250 Å². The molecule has 1 aliphatic rings. The van der Waals surface area contributed by atoms with Crippen LogP contribution in [-0.4, -0.2) is 72.3 Å². The number of aryl methyl sites for hydroxylation is 1. The van der Waals surface area contributed by atoms with Crippen LogP contribution in [0.2, 0.25) is 5.02 Å². The maximum Gasteiger partial charge on any atom is 0.262 e. The Morgan fingerprint density at radius 3 is 2.45 bits per heavy atom. The number of ether oxygens (including phenoxy) is 1. The van der Waals surface area contributed by atoms with Crippen molar-refractivity contribution in [1.82, 2.24) is 4.90 Å². The van der Waals surface area contributed by atoms with Gasteiger partial charge in [-0.1, -0.05) is 29.8 Å². The molecule has 1 atom stereocenters. The number of anilines is 2. The summed E-state index contributed by atoms with van der Waals surface area (Å²) in [5.41, 5.74) is 3.28. The van der Waals surface area contributed by atoms with Crippen molar-refractivity contribution in [2.24, 2.45) is 0 Å². The molecule has 1 unspecified atom stereocenters. The number of carbonyl (C=O) groups is 3. The lowest BCUT2D eigenvalue weighted by atomic mass is 9.90. The zero-order valence-electron chi connectivity index (χ0n) is 23.6. The fourth-order valence-electron chi connectivity index (χ4n) is 5.22. The molecule has 3 aromatic carbocycles. The third kappa shape index (κ3) is 7.88. The quantitative estimate of drug-likeness (QED) is 0.303. The van der Waals surface area contributed by atoms with Crippen LogP contribution in [0, 0.1) is 6.92 Å². The van der Waals surface area contributed by atoms with Crippen molar-refractivity contribution in [2.75, 3.05) is 49.7 Å². The van der Waals surface area contributed by atoms with Gasteiger partial charge >= 0.3 is 0 Å². The van der Waals surface area contributed by atoms with Gasteiger partial charge in [-0.25, -0.2) is 0 Å². The topological polar surface area (TPSA) is 119 Å². The molecule has 1 aliphatic heterocycles. The van der Waals surface area contributed by atoms with Crippen LogP contribution in [0.5, 0.6) is 5.75 Å². The number of halogens is 1. The first kappa shape index (κ1) is 31.0. The Morgan fingerprint density at radius 2 is 1.76 bits per heavy atom. The minimum atomic E-state index is -0.312. The molecule has 0 aromatic heterocycles. The van der Waals surface area contributed by atoms with Crippen LogP contribution < -0.4 is 15.0 Å². The predicted molar refractivity (Wildman–Crippen MR) is 162 cm³/mol. The summed E-state index contributed by atoms with van der Waals surface area (Å²) in [6.45, 7) is 2.06. The second kappa shape index (κ2) is 14.8. The average Bonchev–Trinajstić information content (AvgIpc) is 3.15. The second-order valence-corrected chi connectivity index (χ2v) is 10.6. The molecule has 0 aliphatic carbocycles. The van der Waals surface area contributed by atoms with Gasteiger partial charge in [-0.2, -0.15) is 0 Å². The lowest BCUT2D eigenvalue weighted by Crippen LogP contribution is -2.36. The Hall–Kier alpha value is -3.92. The number of amides is 3. The summed E-state index contributed by atoms with van der Waals surface area (Å²) in [5, 5.41) is 22.0. The number of hydrogen-bond donors (Lipinski definition) is 3. The summed E-state index contributed by atoms with van der Waals surface area (Å²) in [4.78, 5) is 42.5. The largest absolute Gasteiger partial charge is 0.484 e. The molecule has 0 saturated carbocycles. The molecule has 3 amide bonds. The van der Waals surface area contributed by atoms with E-state index in [2.05, 4.69) is 5.32 Å². The highest BCUT2D eigenvalue weighted by Crippen LogP contribution is 2.39. The first-order valence-electron chi connectivity index (χ1n) is 14.0. The first-order chi connectivity index (χ1) is 20.3. The highest BCUT2D eigenvalue weighted by molar-refractivity contribution is 6.30. The maximum absolute atomic E-state index is 13.9. The van der Waals surface area contributed by atoms with Crippen LogP contribution in [0.15, 0.2) is 66.7 Å². The third-order valence-electron chi connectivity index (χ3n) is 7.27. The molecule has 0 radical (unpaired) electrons. The van der Waals surface area contributed by atoms with Gasteiger partial charge < -0.3 is 30.1 Å². The number of aliphatic hydroxyl groups is 2. The van der Waals surface area contributed by atoms with E-state index in [1.165, 1.54) is 4.90 Å². The van der Waals surface area contributed by atoms with Crippen LogP contribution >= 0.6 is 11.6 Å². The van der Waals surface area contributed by atoms with E-state index < -0.39 is 0 Å². The lowest BCUT2D eigenvalue weighted by molar-refractivity contribution is -0.132. The van der Waals surface area contributed by atoms with E-state index in [4.69, 9.17) is 16.3 Å². The number of nitrogens with one attached hydrogen (secondary N) is 1. The minimum absolute atomic E-state index is 0.141. The summed E-state index contributed by atoms with van der Waals surface area (Å²) in [5.74, 6) is -0.247. The first-order valence-corrected chi connectivity index (χ1v) is 14.4. The van der Waals surface area contributed by atoms with Gasteiger partial charge in [-0.15, -0.1) is 0 Å². The smallest absolute Gasteiger partial charge is 0.262 e. The summed E-state index contributed by atoms with van der Waals surface area (Å²) < 4.78 is 5.51. The number of para-hydroxylation sites is 1. The molecule has 4 rings (SSSR count). The Balaban J connectivity index is 1.50. The lowest BCUT2D eigenvalue weighted by Gasteiger charge is -2.26. The van der Waals surface area contributed by atoms with Crippen LogP contribution in [0.3, 0.4) is 0 Å². The number of benzene rings is 3. The zero-order chi connectivity index (χ0) is 30.1. The fourth-order valence-corrected chi connectivity index (χ4v) is 5.41. The third-order valence-corrected chi connectivity index (χ3v) is 7.50. The van der Waals surface area contributed by atoms with Gasteiger partial charge in [0.1, 0.15) is 5.75 Å². The molecule has 9 nitrogen and oxygen atoms in total. The van der Waals surface area contributed by atoms with Crippen molar-refractivity contribution >= 4 is 40.7 Å². The highest BCUT2D eigenvalue weighted by atomic mass is 35.5. The monoisotopic (exact) mass is 593 g/mol. The van der Waals surface area contributed by atoms with Crippen molar-refractivity contribution < 1.29 is 29.3 Å². The number of aliphatic hydroxyl groups excluding tert-OH is 2. The SMILES string of the molecule is Cc1cc(NC(=O)COc2ccccc2)ccc1C(=O)N1CCCC(CC(=O)N(CCO)CCO)c2cc(Cl)ccc21. The van der Waals surface area contributed by atoms with E-state index in [0.717, 1.165) is 5.56 Å². The van der Waals surface area contributed by atoms with Crippen molar-refractivity contribution in [1.29, 1.82) is 0 Å². The molecular weight excluding hydrogens is 558 g/mol. The molecule has 1 heterocycles. The van der Waals surface area contributed by atoms with Gasteiger partial charge in [0.05, 0.1) is 13.2 Å². The van der Waals surface area contributed by atoms with E-state index in [-0.39, 0.29) is 63.0 Å². The van der Waals surface area contributed by atoms with Gasteiger partial charge in [0.15, 0.2) is 6.61 Å². The number of hydrogen-bond acceptors (Lipinski definition) is 6. The molecule has 222 valence electrons. The Morgan fingerprint density at radius 1 is 1.02 bits per heavy atom. The van der Waals surface area contributed by atoms with Gasteiger partial charge in [-0.05, 0) is 85.3 Å². The predicted octanol–water partition coefficient (Wildman–Crippen LogP) is 4.39. The summed E-state index contributed by atoms with van der Waals surface area (Å²) in [6, 6.07) is 19.6. The van der Waals surface area contributed by atoms with Crippen molar-refractivity contribution in [2.45, 2.75) is 32.1 Å². The number of rotatable bonds is 11. The van der Waals surface area contributed by atoms with Crippen molar-refractivity contribution in [3.05, 3.63) is 88.4 Å². The van der Waals surface area contributed by atoms with Gasteiger partial charge in [0.2, 0.25) is 5.91 Å². The van der Waals surface area contributed by atoms with E-state index in [1.807, 2.05) is 37.3 Å². The van der Waals surface area contributed by atoms with Crippen LogP contribution in [0.1, 0.15) is 46.7 Å². The van der Waals surface area contributed by atoms with E-state index in [1.54, 1.807) is 41.3 Å². The molecule has 0 bridgehead atoms. The maximum atomic E-state index is 13.9. The van der Waals surface area contributed by atoms with Crippen molar-refractivity contribution in [3.8, 4) is 5.75 Å². The summed E-state index contributed by atoms with van der Waals surface area (Å²) >= 11 is 6.37. The number of carbonyl (C=O) groups excluding carboxylic acids is 3.